The van der Waals surface area contributed by atoms with E-state index < -0.39 is 0 Å². The summed E-state index contributed by atoms with van der Waals surface area (Å²) in [6.07, 6.45) is 5.75. The number of aryl methyl sites for hydroxylation is 1. The number of ether oxygens (including phenoxy) is 2. The van der Waals surface area contributed by atoms with E-state index in [1.54, 1.807) is 6.08 Å². The summed E-state index contributed by atoms with van der Waals surface area (Å²) in [5.74, 6) is 3.03. The van der Waals surface area contributed by atoms with E-state index in [-0.39, 0.29) is 25.2 Å². The molecule has 124 valence electrons. The summed E-state index contributed by atoms with van der Waals surface area (Å²) >= 11 is 1.98. The van der Waals surface area contributed by atoms with Crippen LogP contribution in [0.2, 0.25) is 0 Å². The van der Waals surface area contributed by atoms with E-state index in [0.717, 1.165) is 25.0 Å². The maximum absolute atomic E-state index is 8.81. The van der Waals surface area contributed by atoms with Crippen molar-refractivity contribution in [3.63, 3.8) is 0 Å². The van der Waals surface area contributed by atoms with Gasteiger partial charge < -0.3 is 14.6 Å². The zero-order valence-corrected chi connectivity index (χ0v) is 14.0. The molecule has 1 N–H and O–H groups in total. The molecule has 0 aliphatic rings. The van der Waals surface area contributed by atoms with Gasteiger partial charge in [0, 0.05) is 6.42 Å². The molecule has 0 bridgehead atoms. The fraction of sp³-hybridized carbons (Fsp3) is 0.667. The molecule has 0 atom stereocenters. The van der Waals surface area contributed by atoms with Crippen molar-refractivity contribution in [2.75, 3.05) is 31.3 Å². The normalized spacial score (nSPS) is 10.5. The Hall–Kier alpha value is -1.34. The summed E-state index contributed by atoms with van der Waals surface area (Å²) in [7, 11) is 0. The summed E-state index contributed by atoms with van der Waals surface area (Å²) in [4.78, 5) is 12.6. The fourth-order valence-corrected chi connectivity index (χ4v) is 2.52. The zero-order valence-electron chi connectivity index (χ0n) is 13.2. The molecule has 1 heterocycles. The first-order valence-corrected chi connectivity index (χ1v) is 8.75. The number of hydrogen-bond acceptors (Lipinski definition) is 7. The van der Waals surface area contributed by atoms with Crippen molar-refractivity contribution in [2.45, 2.75) is 32.6 Å². The van der Waals surface area contributed by atoms with Crippen LogP contribution in [0.4, 0.5) is 0 Å². The first-order chi connectivity index (χ1) is 10.8. The van der Waals surface area contributed by atoms with Crippen molar-refractivity contribution < 1.29 is 14.6 Å². The Kier molecular flexibility index (Phi) is 10.4. The molecule has 0 saturated carbocycles. The van der Waals surface area contributed by atoms with Gasteiger partial charge in [-0.1, -0.05) is 19.6 Å². The minimum atomic E-state index is -0.0848. The molecule has 0 saturated heterocycles. The highest BCUT2D eigenvalue weighted by Crippen LogP contribution is 2.13. The largest absolute Gasteiger partial charge is 0.461 e. The molecule has 1 aromatic heterocycles. The van der Waals surface area contributed by atoms with Crippen molar-refractivity contribution in [3.05, 3.63) is 18.5 Å². The van der Waals surface area contributed by atoms with Gasteiger partial charge in [-0.15, -0.1) is 4.98 Å². The minimum Gasteiger partial charge on any atom is -0.461 e. The van der Waals surface area contributed by atoms with E-state index in [1.807, 2.05) is 11.8 Å². The van der Waals surface area contributed by atoms with Crippen LogP contribution >= 0.6 is 11.8 Å². The molecular weight excluding hydrogens is 302 g/mol. The lowest BCUT2D eigenvalue weighted by molar-refractivity contribution is 0.188. The summed E-state index contributed by atoms with van der Waals surface area (Å²) < 4.78 is 10.6. The monoisotopic (exact) mass is 327 g/mol. The third-order valence-electron chi connectivity index (χ3n) is 2.58. The van der Waals surface area contributed by atoms with Crippen LogP contribution in [0.25, 0.3) is 0 Å². The number of thioether (sulfide) groups is 1. The lowest BCUT2D eigenvalue weighted by Crippen LogP contribution is -2.10. The maximum atomic E-state index is 8.81. The Morgan fingerprint density at radius 1 is 1.14 bits per heavy atom. The first-order valence-electron chi connectivity index (χ1n) is 7.60. The van der Waals surface area contributed by atoms with Gasteiger partial charge in [0.25, 0.3) is 0 Å². The number of aliphatic hydroxyl groups excluding tert-OH is 1. The molecular formula is C15H25N3O3S. The average molecular weight is 327 g/mol. The molecule has 0 spiro atoms. The summed E-state index contributed by atoms with van der Waals surface area (Å²) in [5.41, 5.74) is 0. The van der Waals surface area contributed by atoms with E-state index in [1.165, 1.54) is 12.2 Å². The first kappa shape index (κ1) is 18.7. The Balaban J connectivity index is 2.52. The Labute approximate surface area is 136 Å². The number of rotatable bonds is 13. The van der Waals surface area contributed by atoms with Gasteiger partial charge in [0.15, 0.2) is 0 Å². The quantitative estimate of drug-likeness (QED) is 0.440. The van der Waals surface area contributed by atoms with Crippen LogP contribution in [0.5, 0.6) is 12.0 Å². The molecule has 0 aromatic carbocycles. The van der Waals surface area contributed by atoms with Gasteiger partial charge in [-0.05, 0) is 30.8 Å². The highest BCUT2D eigenvalue weighted by atomic mass is 32.2. The molecule has 6 nitrogen and oxygen atoms in total. The third-order valence-corrected chi connectivity index (χ3v) is 3.86. The number of nitrogens with zero attached hydrogens (tertiary/aromatic N) is 3. The van der Waals surface area contributed by atoms with Crippen LogP contribution in [-0.4, -0.2) is 51.4 Å². The van der Waals surface area contributed by atoms with Crippen molar-refractivity contribution >= 4 is 11.8 Å². The molecule has 7 heteroatoms. The topological polar surface area (TPSA) is 77.4 Å². The Morgan fingerprint density at radius 2 is 1.91 bits per heavy atom. The van der Waals surface area contributed by atoms with Crippen molar-refractivity contribution in [1.82, 2.24) is 15.0 Å². The lowest BCUT2D eigenvalue weighted by Gasteiger charge is -2.07. The number of unbranched alkanes of at least 4 members (excludes halogenated alkanes) is 1. The van der Waals surface area contributed by atoms with Crippen LogP contribution in [0.1, 0.15) is 32.0 Å². The van der Waals surface area contributed by atoms with Gasteiger partial charge >= 0.3 is 12.0 Å². The van der Waals surface area contributed by atoms with E-state index in [9.17, 15) is 0 Å². The molecule has 22 heavy (non-hydrogen) atoms. The Morgan fingerprint density at radius 3 is 2.59 bits per heavy atom. The SMILES string of the molecule is C=CCOc1nc(CCCCSCCC)nc(OCCO)n1. The second-order valence-corrected chi connectivity index (χ2v) is 5.78. The molecule has 0 amide bonds. The van der Waals surface area contributed by atoms with Crippen LogP contribution < -0.4 is 9.47 Å². The number of hydrogen-bond donors (Lipinski definition) is 1. The third kappa shape index (κ3) is 8.19. The molecule has 0 fully saturated rings. The van der Waals surface area contributed by atoms with Gasteiger partial charge in [0.2, 0.25) is 0 Å². The summed E-state index contributed by atoms with van der Waals surface area (Å²) in [6.45, 7) is 6.18. The summed E-state index contributed by atoms with van der Waals surface area (Å²) in [6, 6.07) is 0.427. The van der Waals surface area contributed by atoms with E-state index in [4.69, 9.17) is 14.6 Å². The smallest absolute Gasteiger partial charge is 0.323 e. The zero-order chi connectivity index (χ0) is 16.0. The van der Waals surface area contributed by atoms with Gasteiger partial charge in [0.1, 0.15) is 19.0 Å². The molecule has 0 aliphatic heterocycles. The van der Waals surface area contributed by atoms with E-state index in [0.29, 0.717) is 12.4 Å². The van der Waals surface area contributed by atoms with Crippen LogP contribution in [0.15, 0.2) is 12.7 Å². The standard InChI is InChI=1S/C15H25N3O3S/c1-3-9-20-14-16-13(7-5-6-12-22-11-4-2)17-15(18-14)21-10-8-19/h3,19H,1,4-12H2,2H3. The minimum absolute atomic E-state index is 0.0848. The molecule has 0 unspecified atom stereocenters. The fourth-order valence-electron chi connectivity index (χ4n) is 1.62. The number of aliphatic hydroxyl groups is 1. The highest BCUT2D eigenvalue weighted by molar-refractivity contribution is 7.99. The van der Waals surface area contributed by atoms with Crippen LogP contribution in [-0.2, 0) is 6.42 Å². The Bertz CT molecular complexity index is 432. The average Bonchev–Trinajstić information content (AvgIpc) is 2.54. The second-order valence-electron chi connectivity index (χ2n) is 4.56. The molecule has 1 aromatic rings. The van der Waals surface area contributed by atoms with Gasteiger partial charge in [-0.2, -0.15) is 21.7 Å². The van der Waals surface area contributed by atoms with Crippen LogP contribution in [0, 0.1) is 0 Å². The van der Waals surface area contributed by atoms with Crippen molar-refractivity contribution in [3.8, 4) is 12.0 Å². The highest BCUT2D eigenvalue weighted by Gasteiger charge is 2.08. The predicted molar refractivity (Wildman–Crippen MR) is 88.7 cm³/mol. The van der Waals surface area contributed by atoms with Crippen LogP contribution in [0.3, 0.4) is 0 Å². The summed E-state index contributed by atoms with van der Waals surface area (Å²) in [5, 5.41) is 8.81. The van der Waals surface area contributed by atoms with E-state index >= 15 is 0 Å². The lowest BCUT2D eigenvalue weighted by atomic mass is 10.2. The van der Waals surface area contributed by atoms with Gasteiger partial charge in [0.05, 0.1) is 6.61 Å². The maximum Gasteiger partial charge on any atom is 0.323 e. The number of aromatic nitrogens is 3. The second kappa shape index (κ2) is 12.2. The molecule has 1 rings (SSSR count). The van der Waals surface area contributed by atoms with Crippen molar-refractivity contribution in [2.24, 2.45) is 0 Å². The van der Waals surface area contributed by atoms with E-state index in [2.05, 4.69) is 28.5 Å². The predicted octanol–water partition coefficient (Wildman–Crippen LogP) is 2.27. The van der Waals surface area contributed by atoms with Gasteiger partial charge in [-0.25, -0.2) is 0 Å². The van der Waals surface area contributed by atoms with Crippen molar-refractivity contribution in [1.29, 1.82) is 0 Å². The van der Waals surface area contributed by atoms with Gasteiger partial charge in [-0.3, -0.25) is 0 Å². The molecule has 0 aliphatic carbocycles. The molecule has 0 radical (unpaired) electrons.